The van der Waals surface area contributed by atoms with E-state index in [-0.39, 0.29) is 6.61 Å². The van der Waals surface area contributed by atoms with Gasteiger partial charge >= 0.3 is 0 Å². The van der Waals surface area contributed by atoms with Gasteiger partial charge < -0.3 is 14.8 Å². The van der Waals surface area contributed by atoms with Crippen molar-refractivity contribution >= 4 is 28.9 Å². The third-order valence-electron chi connectivity index (χ3n) is 2.26. The van der Waals surface area contributed by atoms with Gasteiger partial charge in [0, 0.05) is 5.02 Å². The van der Waals surface area contributed by atoms with Crippen molar-refractivity contribution in [1.29, 1.82) is 0 Å². The standard InChI is InChI=1S/C12H11Cl2NO2/c13-8-1-4-12(11(14)5-8)15-6-9-2-3-10(7-16)17-9/h1-5,15-16H,6-7H2. The highest BCUT2D eigenvalue weighted by molar-refractivity contribution is 6.36. The lowest BCUT2D eigenvalue weighted by molar-refractivity contribution is 0.244. The van der Waals surface area contributed by atoms with Crippen molar-refractivity contribution in [1.82, 2.24) is 0 Å². The second kappa shape index (κ2) is 5.45. The predicted molar refractivity (Wildman–Crippen MR) is 68.4 cm³/mol. The number of aliphatic hydroxyl groups excluding tert-OH is 1. The van der Waals surface area contributed by atoms with E-state index in [0.29, 0.717) is 22.4 Å². The van der Waals surface area contributed by atoms with Gasteiger partial charge in [-0.15, -0.1) is 0 Å². The predicted octanol–water partition coefficient (Wildman–Crippen LogP) is 3.69. The monoisotopic (exact) mass is 271 g/mol. The molecule has 3 nitrogen and oxygen atoms in total. The van der Waals surface area contributed by atoms with Gasteiger partial charge in [0.25, 0.3) is 0 Å². The van der Waals surface area contributed by atoms with Crippen molar-refractivity contribution in [3.8, 4) is 0 Å². The summed E-state index contributed by atoms with van der Waals surface area (Å²) < 4.78 is 5.34. The molecule has 17 heavy (non-hydrogen) atoms. The summed E-state index contributed by atoms with van der Waals surface area (Å²) in [6.07, 6.45) is 0. The number of anilines is 1. The van der Waals surface area contributed by atoms with Gasteiger partial charge in [0.1, 0.15) is 18.1 Å². The minimum atomic E-state index is -0.0955. The molecule has 2 N–H and O–H groups in total. The van der Waals surface area contributed by atoms with Crippen molar-refractivity contribution in [2.45, 2.75) is 13.2 Å². The Morgan fingerprint density at radius 2 is 1.88 bits per heavy atom. The Balaban J connectivity index is 2.02. The van der Waals surface area contributed by atoms with E-state index >= 15 is 0 Å². The maximum Gasteiger partial charge on any atom is 0.129 e. The van der Waals surface area contributed by atoms with Crippen molar-refractivity contribution in [2.24, 2.45) is 0 Å². The summed E-state index contributed by atoms with van der Waals surface area (Å²) in [5.41, 5.74) is 0.790. The zero-order chi connectivity index (χ0) is 12.3. The Kier molecular flexibility index (Phi) is 3.94. The zero-order valence-electron chi connectivity index (χ0n) is 8.91. The number of nitrogens with one attached hydrogen (secondary N) is 1. The van der Waals surface area contributed by atoms with Gasteiger partial charge in [-0.1, -0.05) is 23.2 Å². The van der Waals surface area contributed by atoms with Crippen LogP contribution in [0.15, 0.2) is 34.7 Å². The second-order valence-corrected chi connectivity index (χ2v) is 4.35. The average Bonchev–Trinajstić information content (AvgIpc) is 2.76. The van der Waals surface area contributed by atoms with Crippen LogP contribution in [-0.4, -0.2) is 5.11 Å². The minimum Gasteiger partial charge on any atom is -0.462 e. The van der Waals surface area contributed by atoms with Crippen LogP contribution in [0.2, 0.25) is 10.0 Å². The fourth-order valence-corrected chi connectivity index (χ4v) is 1.89. The Labute approximate surface area is 109 Å². The number of hydrogen-bond acceptors (Lipinski definition) is 3. The Morgan fingerprint density at radius 3 is 2.53 bits per heavy atom. The zero-order valence-corrected chi connectivity index (χ0v) is 10.4. The lowest BCUT2D eigenvalue weighted by atomic mass is 10.3. The van der Waals surface area contributed by atoms with Gasteiger partial charge in [0.2, 0.25) is 0 Å². The maximum atomic E-state index is 8.86. The highest BCUT2D eigenvalue weighted by Crippen LogP contribution is 2.25. The summed E-state index contributed by atoms with van der Waals surface area (Å²) in [6, 6.07) is 8.78. The van der Waals surface area contributed by atoms with Gasteiger partial charge in [-0.25, -0.2) is 0 Å². The number of hydrogen-bond donors (Lipinski definition) is 2. The van der Waals surface area contributed by atoms with E-state index in [0.717, 1.165) is 11.4 Å². The molecule has 0 saturated carbocycles. The van der Waals surface area contributed by atoms with E-state index in [1.165, 1.54) is 0 Å². The third kappa shape index (κ3) is 3.16. The van der Waals surface area contributed by atoms with Gasteiger partial charge in [-0.2, -0.15) is 0 Å². The number of aliphatic hydroxyl groups is 1. The summed E-state index contributed by atoms with van der Waals surface area (Å²) in [5, 5.41) is 13.1. The first-order valence-corrected chi connectivity index (χ1v) is 5.82. The molecular weight excluding hydrogens is 261 g/mol. The fourth-order valence-electron chi connectivity index (χ4n) is 1.42. The quantitative estimate of drug-likeness (QED) is 0.892. The Hall–Kier alpha value is -1.16. The number of benzene rings is 1. The lowest BCUT2D eigenvalue weighted by Crippen LogP contribution is -1.98. The van der Waals surface area contributed by atoms with Crippen molar-refractivity contribution in [2.75, 3.05) is 5.32 Å². The molecule has 2 aromatic rings. The van der Waals surface area contributed by atoms with E-state index in [2.05, 4.69) is 5.32 Å². The Bertz CT molecular complexity index is 511. The molecule has 1 heterocycles. The normalized spacial score (nSPS) is 10.5. The van der Waals surface area contributed by atoms with Crippen LogP contribution >= 0.6 is 23.2 Å². The summed E-state index contributed by atoms with van der Waals surface area (Å²) in [6.45, 7) is 0.406. The average molecular weight is 272 g/mol. The number of halogens is 2. The van der Waals surface area contributed by atoms with E-state index in [4.69, 9.17) is 32.7 Å². The number of furan rings is 1. The van der Waals surface area contributed by atoms with Crippen LogP contribution in [0.25, 0.3) is 0 Å². The molecule has 0 aliphatic carbocycles. The maximum absolute atomic E-state index is 8.86. The first-order valence-electron chi connectivity index (χ1n) is 5.06. The van der Waals surface area contributed by atoms with Crippen LogP contribution in [0.5, 0.6) is 0 Å². The summed E-state index contributed by atoms with van der Waals surface area (Å²) in [5.74, 6) is 1.28. The smallest absolute Gasteiger partial charge is 0.129 e. The van der Waals surface area contributed by atoms with Crippen LogP contribution in [0.1, 0.15) is 11.5 Å². The van der Waals surface area contributed by atoms with Gasteiger partial charge in [0.05, 0.1) is 17.3 Å². The molecule has 0 radical (unpaired) electrons. The van der Waals surface area contributed by atoms with Gasteiger partial charge in [-0.05, 0) is 30.3 Å². The molecule has 5 heteroatoms. The molecule has 0 saturated heterocycles. The van der Waals surface area contributed by atoms with E-state index < -0.39 is 0 Å². The number of rotatable bonds is 4. The molecule has 0 amide bonds. The van der Waals surface area contributed by atoms with Crippen LogP contribution in [0.4, 0.5) is 5.69 Å². The molecule has 0 aliphatic heterocycles. The molecule has 0 atom stereocenters. The van der Waals surface area contributed by atoms with Crippen LogP contribution < -0.4 is 5.32 Å². The summed E-state index contributed by atoms with van der Waals surface area (Å²) in [4.78, 5) is 0. The molecule has 90 valence electrons. The molecule has 2 rings (SSSR count). The van der Waals surface area contributed by atoms with E-state index in [9.17, 15) is 0 Å². The summed E-state index contributed by atoms with van der Waals surface area (Å²) >= 11 is 11.8. The fraction of sp³-hybridized carbons (Fsp3) is 0.167. The first-order chi connectivity index (χ1) is 8.19. The van der Waals surface area contributed by atoms with Crippen LogP contribution in [-0.2, 0) is 13.2 Å². The van der Waals surface area contributed by atoms with Crippen molar-refractivity contribution in [3.63, 3.8) is 0 Å². The molecule has 0 aliphatic rings. The Morgan fingerprint density at radius 1 is 1.12 bits per heavy atom. The largest absolute Gasteiger partial charge is 0.462 e. The van der Waals surface area contributed by atoms with Gasteiger partial charge in [0.15, 0.2) is 0 Å². The minimum absolute atomic E-state index is 0.0955. The van der Waals surface area contributed by atoms with E-state index in [1.54, 1.807) is 24.3 Å². The molecule has 0 unspecified atom stereocenters. The molecule has 1 aromatic carbocycles. The SMILES string of the molecule is OCc1ccc(CNc2ccc(Cl)cc2Cl)o1. The molecule has 0 fully saturated rings. The summed E-state index contributed by atoms with van der Waals surface area (Å²) in [7, 11) is 0. The highest BCUT2D eigenvalue weighted by atomic mass is 35.5. The van der Waals surface area contributed by atoms with Crippen molar-refractivity contribution in [3.05, 3.63) is 51.9 Å². The highest BCUT2D eigenvalue weighted by Gasteiger charge is 2.03. The van der Waals surface area contributed by atoms with Crippen molar-refractivity contribution < 1.29 is 9.52 Å². The van der Waals surface area contributed by atoms with Crippen LogP contribution in [0, 0.1) is 0 Å². The topological polar surface area (TPSA) is 45.4 Å². The third-order valence-corrected chi connectivity index (χ3v) is 2.81. The molecular formula is C12H11Cl2NO2. The van der Waals surface area contributed by atoms with E-state index in [1.807, 2.05) is 6.07 Å². The van der Waals surface area contributed by atoms with Crippen LogP contribution in [0.3, 0.4) is 0 Å². The first kappa shape index (κ1) is 12.3. The molecule has 1 aromatic heterocycles. The molecule has 0 spiro atoms. The molecule has 0 bridgehead atoms. The second-order valence-electron chi connectivity index (χ2n) is 3.50. The van der Waals surface area contributed by atoms with Gasteiger partial charge in [-0.3, -0.25) is 0 Å². The lowest BCUT2D eigenvalue weighted by Gasteiger charge is -2.06.